The second-order valence-electron chi connectivity index (χ2n) is 11.1. The first-order chi connectivity index (χ1) is 19.3. The number of carbonyl (C=O) groups excluding carboxylic acids is 1. The smallest absolute Gasteiger partial charge is 0.340 e. The largest absolute Gasteiger partial charge is 0.441 e. The molecule has 0 amide bonds. The van der Waals surface area contributed by atoms with Crippen LogP contribution < -0.4 is 14.7 Å². The van der Waals surface area contributed by atoms with Gasteiger partial charge in [-0.15, -0.1) is 0 Å². The van der Waals surface area contributed by atoms with E-state index in [2.05, 4.69) is 99.0 Å². The molecule has 0 bridgehead atoms. The van der Waals surface area contributed by atoms with E-state index in [1.807, 2.05) is 25.1 Å². The molecule has 0 saturated carbocycles. The molecular formula is C35H47N3O2. The summed E-state index contributed by atoms with van der Waals surface area (Å²) in [5.74, 6) is -0.275. The third-order valence-electron chi connectivity index (χ3n) is 8.28. The zero-order chi connectivity index (χ0) is 28.9. The van der Waals surface area contributed by atoms with Crippen molar-refractivity contribution in [2.45, 2.75) is 65.9 Å². The Morgan fingerprint density at radius 2 is 1.27 bits per heavy atom. The average molecular weight is 542 g/mol. The van der Waals surface area contributed by atoms with Crippen LogP contribution in [0.5, 0.6) is 0 Å². The predicted octanol–water partition coefficient (Wildman–Crippen LogP) is 7.78. The molecule has 0 aliphatic carbocycles. The standard InChI is InChI=1S/C35H47N3O2/c1-8-12-22-38(23-13-9-2)28-16-14-27(15-17-28)35(32-20-19-30(24-26(32)5)37(10-3)11-4)33-21-18-29(36(6)7)25-31(33)34(39)40-35/h14-21,24-25H,8-13,22-23H2,1-7H3. The highest BCUT2D eigenvalue weighted by atomic mass is 16.6. The van der Waals surface area contributed by atoms with E-state index in [4.69, 9.17) is 4.74 Å². The van der Waals surface area contributed by atoms with Crippen LogP contribution in [0.1, 0.15) is 86.0 Å². The Hall–Kier alpha value is -3.47. The van der Waals surface area contributed by atoms with Gasteiger partial charge in [-0.3, -0.25) is 0 Å². The van der Waals surface area contributed by atoms with Crippen LogP contribution in [0.2, 0.25) is 0 Å². The third kappa shape index (κ3) is 5.56. The Morgan fingerprint density at radius 1 is 0.700 bits per heavy atom. The van der Waals surface area contributed by atoms with Crippen LogP contribution in [0.15, 0.2) is 60.7 Å². The molecule has 3 aromatic rings. The molecule has 5 nitrogen and oxygen atoms in total. The Kier molecular flexibility index (Phi) is 9.44. The van der Waals surface area contributed by atoms with E-state index in [0.29, 0.717) is 5.56 Å². The highest BCUT2D eigenvalue weighted by Gasteiger charge is 2.49. The van der Waals surface area contributed by atoms with Crippen LogP contribution in [0.4, 0.5) is 17.1 Å². The minimum Gasteiger partial charge on any atom is -0.441 e. The fourth-order valence-corrected chi connectivity index (χ4v) is 5.91. The summed E-state index contributed by atoms with van der Waals surface area (Å²) < 4.78 is 6.51. The highest BCUT2D eigenvalue weighted by Crippen LogP contribution is 2.49. The molecule has 1 unspecified atom stereocenters. The van der Waals surface area contributed by atoms with E-state index in [9.17, 15) is 4.79 Å². The van der Waals surface area contributed by atoms with Crippen molar-refractivity contribution in [1.29, 1.82) is 0 Å². The van der Waals surface area contributed by atoms with Gasteiger partial charge in [-0.1, -0.05) is 51.0 Å². The van der Waals surface area contributed by atoms with Crippen molar-refractivity contribution < 1.29 is 9.53 Å². The molecule has 0 saturated heterocycles. The minimum atomic E-state index is -1.00. The van der Waals surface area contributed by atoms with E-state index >= 15 is 0 Å². The number of cyclic esters (lactones) is 1. The summed E-state index contributed by atoms with van der Waals surface area (Å²) in [6, 6.07) is 21.4. The fourth-order valence-electron chi connectivity index (χ4n) is 5.91. The van der Waals surface area contributed by atoms with Gasteiger partial charge in [0.25, 0.3) is 0 Å². The Labute approximate surface area is 241 Å². The van der Waals surface area contributed by atoms with Gasteiger partial charge < -0.3 is 19.4 Å². The first-order valence-electron chi connectivity index (χ1n) is 15.1. The molecule has 5 heteroatoms. The topological polar surface area (TPSA) is 36.0 Å². The molecule has 1 heterocycles. The van der Waals surface area contributed by atoms with Crippen LogP contribution in [0.3, 0.4) is 0 Å². The van der Waals surface area contributed by atoms with Crippen molar-refractivity contribution in [2.24, 2.45) is 0 Å². The number of hydrogen-bond acceptors (Lipinski definition) is 5. The van der Waals surface area contributed by atoms with E-state index in [1.165, 1.54) is 37.1 Å². The molecule has 0 spiro atoms. The number of unbranched alkanes of at least 4 members (excludes halogenated alkanes) is 2. The molecule has 0 N–H and O–H groups in total. The van der Waals surface area contributed by atoms with Crippen LogP contribution in [-0.2, 0) is 10.3 Å². The SMILES string of the molecule is CCCCN(CCCC)c1ccc(C2(c3ccc(N(CC)CC)cc3C)OC(=O)c3cc(N(C)C)ccc32)cc1. The van der Waals surface area contributed by atoms with Crippen molar-refractivity contribution in [3.8, 4) is 0 Å². The molecular weight excluding hydrogens is 494 g/mol. The van der Waals surface area contributed by atoms with Gasteiger partial charge in [0, 0.05) is 74.0 Å². The Balaban J connectivity index is 1.87. The molecule has 0 aromatic heterocycles. The summed E-state index contributed by atoms with van der Waals surface area (Å²) in [4.78, 5) is 20.4. The van der Waals surface area contributed by atoms with Crippen molar-refractivity contribution in [2.75, 3.05) is 55.0 Å². The van der Waals surface area contributed by atoms with Crippen LogP contribution in [0.25, 0.3) is 0 Å². The van der Waals surface area contributed by atoms with E-state index < -0.39 is 5.60 Å². The zero-order valence-corrected chi connectivity index (χ0v) is 25.6. The van der Waals surface area contributed by atoms with Gasteiger partial charge >= 0.3 is 5.97 Å². The summed E-state index contributed by atoms with van der Waals surface area (Å²) in [6.07, 6.45) is 4.70. The lowest BCUT2D eigenvalue weighted by atomic mass is 9.78. The number of ether oxygens (including phenoxy) is 1. The minimum absolute atomic E-state index is 0.275. The molecule has 4 rings (SSSR count). The molecule has 1 aliphatic heterocycles. The molecule has 214 valence electrons. The van der Waals surface area contributed by atoms with E-state index in [0.717, 1.165) is 54.1 Å². The number of anilines is 3. The van der Waals surface area contributed by atoms with Crippen LogP contribution in [-0.4, -0.2) is 46.2 Å². The number of aryl methyl sites for hydroxylation is 1. The summed E-state index contributed by atoms with van der Waals surface area (Å²) in [7, 11) is 3.99. The van der Waals surface area contributed by atoms with Gasteiger partial charge in [0.05, 0.1) is 5.56 Å². The summed E-state index contributed by atoms with van der Waals surface area (Å²) in [5.41, 5.74) is 7.03. The van der Waals surface area contributed by atoms with E-state index in [1.54, 1.807) is 0 Å². The number of benzene rings is 3. The molecule has 40 heavy (non-hydrogen) atoms. The Morgan fingerprint density at radius 3 is 1.82 bits per heavy atom. The van der Waals surface area contributed by atoms with Crippen molar-refractivity contribution in [3.05, 3.63) is 88.5 Å². The second kappa shape index (κ2) is 12.8. The number of fused-ring (bicyclic) bond motifs is 1. The van der Waals surface area contributed by atoms with Crippen molar-refractivity contribution in [1.82, 2.24) is 0 Å². The number of carbonyl (C=O) groups is 1. The third-order valence-corrected chi connectivity index (χ3v) is 8.28. The normalized spacial score (nSPS) is 16.0. The monoisotopic (exact) mass is 541 g/mol. The quantitative estimate of drug-likeness (QED) is 0.207. The first-order valence-corrected chi connectivity index (χ1v) is 15.1. The lowest BCUT2D eigenvalue weighted by Gasteiger charge is -2.33. The lowest BCUT2D eigenvalue weighted by molar-refractivity contribution is 0.0250. The summed E-state index contributed by atoms with van der Waals surface area (Å²) in [6.45, 7) is 15.0. The van der Waals surface area contributed by atoms with Gasteiger partial charge in [-0.05, 0) is 75.6 Å². The fraction of sp³-hybridized carbons (Fsp3) is 0.457. The maximum Gasteiger partial charge on any atom is 0.340 e. The molecule has 1 atom stereocenters. The lowest BCUT2D eigenvalue weighted by Crippen LogP contribution is -2.31. The van der Waals surface area contributed by atoms with E-state index in [-0.39, 0.29) is 5.97 Å². The average Bonchev–Trinajstić information content (AvgIpc) is 3.26. The van der Waals surface area contributed by atoms with Crippen LogP contribution >= 0.6 is 0 Å². The second-order valence-corrected chi connectivity index (χ2v) is 11.1. The number of nitrogens with zero attached hydrogens (tertiary/aromatic N) is 3. The molecule has 0 fully saturated rings. The Bertz CT molecular complexity index is 1290. The van der Waals surface area contributed by atoms with Crippen molar-refractivity contribution in [3.63, 3.8) is 0 Å². The maximum absolute atomic E-state index is 13.5. The number of hydrogen-bond donors (Lipinski definition) is 0. The summed E-state index contributed by atoms with van der Waals surface area (Å²) >= 11 is 0. The van der Waals surface area contributed by atoms with Gasteiger partial charge in [-0.2, -0.15) is 0 Å². The van der Waals surface area contributed by atoms with Crippen LogP contribution in [0, 0.1) is 6.92 Å². The molecule has 3 aromatic carbocycles. The zero-order valence-electron chi connectivity index (χ0n) is 25.6. The van der Waals surface area contributed by atoms with Crippen molar-refractivity contribution >= 4 is 23.0 Å². The van der Waals surface area contributed by atoms with Gasteiger partial charge in [0.1, 0.15) is 0 Å². The highest BCUT2D eigenvalue weighted by molar-refractivity contribution is 5.97. The van der Waals surface area contributed by atoms with Gasteiger partial charge in [0.15, 0.2) is 5.60 Å². The first kappa shape index (κ1) is 29.5. The number of esters is 1. The predicted molar refractivity (Wildman–Crippen MR) is 169 cm³/mol. The summed E-state index contributed by atoms with van der Waals surface area (Å²) in [5, 5.41) is 0. The molecule has 0 radical (unpaired) electrons. The number of rotatable bonds is 13. The van der Waals surface area contributed by atoms with Gasteiger partial charge in [-0.25, -0.2) is 4.79 Å². The molecule has 1 aliphatic rings. The maximum atomic E-state index is 13.5. The van der Waals surface area contributed by atoms with Gasteiger partial charge in [0.2, 0.25) is 0 Å².